The van der Waals surface area contributed by atoms with Crippen molar-refractivity contribution in [3.63, 3.8) is 0 Å². The number of fused-ring (bicyclic) bond motifs is 1. The number of aromatic nitrogens is 3. The Hall–Kier alpha value is -3.38. The highest BCUT2D eigenvalue weighted by Gasteiger charge is 2.30. The van der Waals surface area contributed by atoms with E-state index in [-0.39, 0.29) is 5.25 Å². The van der Waals surface area contributed by atoms with Gasteiger partial charge < -0.3 is 4.74 Å². The maximum atomic E-state index is 5.92. The summed E-state index contributed by atoms with van der Waals surface area (Å²) in [4.78, 5) is 0. The SMILES string of the molecule is Cc1ccc(OCc2nnc3n2N=C(c2ccccc2)[C@@H](c2ccccc2)S3)cc1. The first kappa shape index (κ1) is 18.6. The molecule has 0 spiro atoms. The van der Waals surface area contributed by atoms with Gasteiger partial charge in [-0.3, -0.25) is 0 Å². The van der Waals surface area contributed by atoms with Crippen LogP contribution in [0.3, 0.4) is 0 Å². The minimum absolute atomic E-state index is 0.0520. The molecule has 148 valence electrons. The summed E-state index contributed by atoms with van der Waals surface area (Å²) >= 11 is 1.66. The summed E-state index contributed by atoms with van der Waals surface area (Å²) < 4.78 is 7.73. The molecule has 5 rings (SSSR count). The van der Waals surface area contributed by atoms with E-state index in [2.05, 4.69) is 53.5 Å². The quantitative estimate of drug-likeness (QED) is 0.448. The van der Waals surface area contributed by atoms with E-state index in [4.69, 9.17) is 9.84 Å². The molecule has 2 heterocycles. The highest BCUT2D eigenvalue weighted by atomic mass is 32.2. The van der Waals surface area contributed by atoms with Crippen LogP contribution in [0.1, 0.15) is 27.8 Å². The summed E-state index contributed by atoms with van der Waals surface area (Å²) in [5.41, 5.74) is 4.46. The third kappa shape index (κ3) is 3.74. The molecule has 1 aromatic heterocycles. The zero-order chi connectivity index (χ0) is 20.3. The van der Waals surface area contributed by atoms with Crippen LogP contribution in [-0.4, -0.2) is 20.6 Å². The predicted octanol–water partition coefficient (Wildman–Crippen LogP) is 5.26. The maximum absolute atomic E-state index is 5.92. The van der Waals surface area contributed by atoms with Gasteiger partial charge in [0, 0.05) is 0 Å². The van der Waals surface area contributed by atoms with E-state index in [1.807, 2.05) is 48.5 Å². The second-order valence-electron chi connectivity index (χ2n) is 7.07. The molecule has 4 aromatic rings. The second-order valence-corrected chi connectivity index (χ2v) is 8.14. The fourth-order valence-corrected chi connectivity index (χ4v) is 4.47. The highest BCUT2D eigenvalue weighted by Crippen LogP contribution is 2.40. The Balaban J connectivity index is 1.49. The van der Waals surface area contributed by atoms with Crippen molar-refractivity contribution in [2.45, 2.75) is 23.9 Å². The molecule has 0 unspecified atom stereocenters. The van der Waals surface area contributed by atoms with E-state index in [1.165, 1.54) is 11.1 Å². The summed E-state index contributed by atoms with van der Waals surface area (Å²) in [6.45, 7) is 2.36. The van der Waals surface area contributed by atoms with Gasteiger partial charge in [0.25, 0.3) is 0 Å². The van der Waals surface area contributed by atoms with Crippen LogP contribution in [0.4, 0.5) is 0 Å². The molecule has 3 aromatic carbocycles. The highest BCUT2D eigenvalue weighted by molar-refractivity contribution is 8.00. The van der Waals surface area contributed by atoms with Crippen molar-refractivity contribution < 1.29 is 4.74 Å². The molecule has 0 amide bonds. The van der Waals surface area contributed by atoms with Gasteiger partial charge in [-0.2, -0.15) is 9.78 Å². The molecule has 0 fully saturated rings. The Kier molecular flexibility index (Phi) is 5.07. The minimum Gasteiger partial charge on any atom is -0.486 e. The van der Waals surface area contributed by atoms with E-state index in [9.17, 15) is 0 Å². The second kappa shape index (κ2) is 8.16. The van der Waals surface area contributed by atoms with Crippen LogP contribution in [0, 0.1) is 6.92 Å². The lowest BCUT2D eigenvalue weighted by molar-refractivity contribution is 0.289. The monoisotopic (exact) mass is 412 g/mol. The Bertz CT molecular complexity index is 1170. The normalized spacial score (nSPS) is 15.4. The topological polar surface area (TPSA) is 52.3 Å². The number of benzene rings is 3. The molecule has 1 aliphatic heterocycles. The smallest absolute Gasteiger partial charge is 0.213 e. The van der Waals surface area contributed by atoms with Gasteiger partial charge in [-0.25, -0.2) is 0 Å². The van der Waals surface area contributed by atoms with Gasteiger partial charge in [0.15, 0.2) is 5.82 Å². The lowest BCUT2D eigenvalue weighted by Crippen LogP contribution is -2.19. The molecule has 6 heteroatoms. The van der Waals surface area contributed by atoms with E-state index in [0.717, 1.165) is 22.2 Å². The summed E-state index contributed by atoms with van der Waals surface area (Å²) in [6, 6.07) is 28.6. The Morgan fingerprint density at radius 1 is 0.867 bits per heavy atom. The van der Waals surface area contributed by atoms with E-state index in [1.54, 1.807) is 16.4 Å². The van der Waals surface area contributed by atoms with Crippen molar-refractivity contribution in [3.05, 3.63) is 107 Å². The zero-order valence-corrected chi connectivity index (χ0v) is 17.3. The summed E-state index contributed by atoms with van der Waals surface area (Å²) in [6.07, 6.45) is 0. The average Bonchev–Trinajstić information content (AvgIpc) is 3.21. The largest absolute Gasteiger partial charge is 0.486 e. The standard InChI is InChI=1S/C24H20N4OS/c1-17-12-14-20(15-13-17)29-16-21-25-26-24-28(21)27-22(18-8-4-2-5-9-18)23(30-24)19-10-6-3-7-11-19/h2-15,23H,16H2,1H3/t23-/m1/s1. The number of rotatable bonds is 5. The van der Waals surface area contributed by atoms with Crippen LogP contribution in [-0.2, 0) is 6.61 Å². The lowest BCUT2D eigenvalue weighted by Gasteiger charge is -2.23. The van der Waals surface area contributed by atoms with Crippen molar-refractivity contribution in [1.82, 2.24) is 14.9 Å². The molecule has 30 heavy (non-hydrogen) atoms. The fraction of sp³-hybridized carbons (Fsp3) is 0.125. The molecular weight excluding hydrogens is 392 g/mol. The molecule has 0 saturated carbocycles. The lowest BCUT2D eigenvalue weighted by atomic mass is 10.0. The number of nitrogens with zero attached hydrogens (tertiary/aromatic N) is 4. The number of hydrogen-bond donors (Lipinski definition) is 0. The molecule has 1 atom stereocenters. The Morgan fingerprint density at radius 2 is 1.57 bits per heavy atom. The van der Waals surface area contributed by atoms with E-state index < -0.39 is 0 Å². The zero-order valence-electron chi connectivity index (χ0n) is 16.5. The molecule has 0 saturated heterocycles. The molecule has 0 N–H and O–H groups in total. The van der Waals surface area contributed by atoms with Crippen LogP contribution in [0.5, 0.6) is 5.75 Å². The van der Waals surface area contributed by atoms with Gasteiger partial charge in [0.05, 0.1) is 11.0 Å². The van der Waals surface area contributed by atoms with Crippen molar-refractivity contribution in [2.75, 3.05) is 0 Å². The molecule has 0 aliphatic carbocycles. The summed E-state index contributed by atoms with van der Waals surface area (Å²) in [7, 11) is 0. The molecule has 0 bridgehead atoms. The van der Waals surface area contributed by atoms with Crippen LogP contribution in [0.15, 0.2) is 95.2 Å². The first-order valence-corrected chi connectivity index (χ1v) is 10.7. The number of thioether (sulfide) groups is 1. The van der Waals surface area contributed by atoms with Crippen LogP contribution >= 0.6 is 11.8 Å². The average molecular weight is 413 g/mol. The Morgan fingerprint density at radius 3 is 2.30 bits per heavy atom. The van der Waals surface area contributed by atoms with Gasteiger partial charge in [0.1, 0.15) is 12.4 Å². The first-order chi connectivity index (χ1) is 14.8. The van der Waals surface area contributed by atoms with Gasteiger partial charge in [-0.05, 0) is 30.2 Å². The minimum atomic E-state index is 0.0520. The molecular formula is C24H20N4OS. The third-order valence-electron chi connectivity index (χ3n) is 4.92. The van der Waals surface area contributed by atoms with Crippen molar-refractivity contribution >= 4 is 17.5 Å². The van der Waals surface area contributed by atoms with Crippen molar-refractivity contribution in [1.29, 1.82) is 0 Å². The first-order valence-electron chi connectivity index (χ1n) is 9.77. The fourth-order valence-electron chi connectivity index (χ4n) is 3.34. The van der Waals surface area contributed by atoms with Crippen LogP contribution in [0.25, 0.3) is 0 Å². The summed E-state index contributed by atoms with van der Waals surface area (Å²) in [5, 5.41) is 14.5. The predicted molar refractivity (Wildman–Crippen MR) is 119 cm³/mol. The van der Waals surface area contributed by atoms with Gasteiger partial charge in [-0.15, -0.1) is 10.2 Å². The maximum Gasteiger partial charge on any atom is 0.213 e. The number of ether oxygens (including phenoxy) is 1. The van der Waals surface area contributed by atoms with Crippen LogP contribution < -0.4 is 4.74 Å². The number of aryl methyl sites for hydroxylation is 1. The summed E-state index contributed by atoms with van der Waals surface area (Å²) in [5.74, 6) is 1.48. The van der Waals surface area contributed by atoms with Gasteiger partial charge in [0.2, 0.25) is 5.16 Å². The van der Waals surface area contributed by atoms with Crippen molar-refractivity contribution in [3.8, 4) is 5.75 Å². The van der Waals surface area contributed by atoms with Gasteiger partial charge >= 0.3 is 0 Å². The van der Waals surface area contributed by atoms with Crippen LogP contribution in [0.2, 0.25) is 0 Å². The Labute approximate surface area is 179 Å². The molecule has 5 nitrogen and oxygen atoms in total. The molecule has 1 aliphatic rings. The van der Waals surface area contributed by atoms with Crippen molar-refractivity contribution in [2.24, 2.45) is 5.10 Å². The third-order valence-corrected chi connectivity index (χ3v) is 6.11. The van der Waals surface area contributed by atoms with E-state index in [0.29, 0.717) is 12.4 Å². The number of hydrogen-bond acceptors (Lipinski definition) is 5. The molecule has 0 radical (unpaired) electrons. The van der Waals surface area contributed by atoms with E-state index >= 15 is 0 Å². The van der Waals surface area contributed by atoms with Gasteiger partial charge in [-0.1, -0.05) is 90.1 Å².